The number of hydrogen-bond donors (Lipinski definition) is 0. The van der Waals surface area contributed by atoms with Gasteiger partial charge in [-0.05, 0) is 68.3 Å². The zero-order chi connectivity index (χ0) is 18.1. The van der Waals surface area contributed by atoms with Crippen LogP contribution in [0.1, 0.15) is 13.8 Å². The molecule has 128 valence electrons. The Kier molecular flexibility index (Phi) is 4.91. The van der Waals surface area contributed by atoms with Crippen LogP contribution in [0.15, 0.2) is 45.5 Å². The van der Waals surface area contributed by atoms with Gasteiger partial charge < -0.3 is 9.47 Å². The van der Waals surface area contributed by atoms with E-state index in [0.29, 0.717) is 20.6 Å². The van der Waals surface area contributed by atoms with E-state index in [1.807, 2.05) is 0 Å². The van der Waals surface area contributed by atoms with E-state index in [1.165, 1.54) is 13.8 Å². The summed E-state index contributed by atoms with van der Waals surface area (Å²) in [5, 5.41) is 5.35. The lowest BCUT2D eigenvalue weighted by atomic mass is 10.2. The van der Waals surface area contributed by atoms with Gasteiger partial charge in [0.15, 0.2) is 0 Å². The molecular formula is C17H12Br2N2O4. The third-order valence-corrected chi connectivity index (χ3v) is 4.65. The topological polar surface area (TPSA) is 70.4 Å². The van der Waals surface area contributed by atoms with Crippen molar-refractivity contribution in [2.24, 2.45) is 0 Å². The molecule has 0 saturated carbocycles. The van der Waals surface area contributed by atoms with Gasteiger partial charge in [0.25, 0.3) is 0 Å². The number of fused-ring (bicyclic) bond motifs is 1. The standard InChI is InChI=1S/C17H12Br2N2O4/c1-9(22)24-11-3-5-15-13(7-11)17(19)21(20-15)16-6-4-12(8-14(16)18)25-10(2)23/h3-8H,1-2H3. The number of aromatic nitrogens is 2. The summed E-state index contributed by atoms with van der Waals surface area (Å²) in [5.74, 6) is 0.118. The fourth-order valence-corrected chi connectivity index (χ4v) is 3.42. The number of nitrogens with zero attached hydrogens (tertiary/aromatic N) is 2. The average molecular weight is 468 g/mol. The van der Waals surface area contributed by atoms with Gasteiger partial charge in [-0.1, -0.05) is 0 Å². The molecule has 0 aliphatic heterocycles. The van der Waals surface area contributed by atoms with Crippen LogP contribution in [0.25, 0.3) is 16.6 Å². The van der Waals surface area contributed by atoms with Gasteiger partial charge in [-0.2, -0.15) is 5.10 Å². The maximum absolute atomic E-state index is 11.1. The Balaban J connectivity index is 2.05. The van der Waals surface area contributed by atoms with Crippen molar-refractivity contribution in [3.05, 3.63) is 45.5 Å². The van der Waals surface area contributed by atoms with Crippen molar-refractivity contribution >= 4 is 54.7 Å². The highest BCUT2D eigenvalue weighted by molar-refractivity contribution is 9.11. The molecule has 8 heteroatoms. The molecule has 0 bridgehead atoms. The quantitative estimate of drug-likeness (QED) is 0.421. The molecule has 0 N–H and O–H groups in total. The summed E-state index contributed by atoms with van der Waals surface area (Å²) >= 11 is 7.01. The van der Waals surface area contributed by atoms with Crippen molar-refractivity contribution in [2.75, 3.05) is 0 Å². The molecule has 3 aromatic rings. The third kappa shape index (κ3) is 3.74. The Morgan fingerprint density at radius 1 is 0.960 bits per heavy atom. The third-order valence-electron chi connectivity index (χ3n) is 3.25. The van der Waals surface area contributed by atoms with Crippen LogP contribution in [0.5, 0.6) is 11.5 Å². The Morgan fingerprint density at radius 2 is 1.56 bits per heavy atom. The SMILES string of the molecule is CC(=O)Oc1ccc(-n2nc3ccc(OC(C)=O)cc3c2Br)c(Br)c1. The van der Waals surface area contributed by atoms with Crippen LogP contribution in [0, 0.1) is 0 Å². The summed E-state index contributed by atoms with van der Waals surface area (Å²) in [7, 11) is 0. The molecule has 2 aromatic carbocycles. The first kappa shape index (κ1) is 17.6. The van der Waals surface area contributed by atoms with Gasteiger partial charge >= 0.3 is 11.9 Å². The first-order valence-electron chi connectivity index (χ1n) is 7.20. The molecule has 0 radical (unpaired) electrons. The zero-order valence-electron chi connectivity index (χ0n) is 13.2. The lowest BCUT2D eigenvalue weighted by Gasteiger charge is -2.08. The second-order valence-corrected chi connectivity index (χ2v) is 6.79. The van der Waals surface area contributed by atoms with Crippen LogP contribution >= 0.6 is 31.9 Å². The maximum Gasteiger partial charge on any atom is 0.308 e. The van der Waals surface area contributed by atoms with E-state index in [-0.39, 0.29) is 11.9 Å². The second-order valence-electron chi connectivity index (χ2n) is 5.18. The van der Waals surface area contributed by atoms with Crippen molar-refractivity contribution in [2.45, 2.75) is 13.8 Å². The van der Waals surface area contributed by atoms with Gasteiger partial charge in [0, 0.05) is 23.7 Å². The van der Waals surface area contributed by atoms with Crippen molar-refractivity contribution in [3.63, 3.8) is 0 Å². The van der Waals surface area contributed by atoms with Crippen molar-refractivity contribution < 1.29 is 19.1 Å². The minimum absolute atomic E-state index is 0.383. The molecule has 3 rings (SSSR count). The second kappa shape index (κ2) is 6.97. The largest absolute Gasteiger partial charge is 0.427 e. The molecule has 0 atom stereocenters. The van der Waals surface area contributed by atoms with Gasteiger partial charge in [0.1, 0.15) is 16.1 Å². The van der Waals surface area contributed by atoms with Gasteiger partial charge in [0.05, 0.1) is 11.2 Å². The van der Waals surface area contributed by atoms with E-state index in [0.717, 1.165) is 16.6 Å². The number of halogens is 2. The lowest BCUT2D eigenvalue weighted by Crippen LogP contribution is -2.03. The molecule has 6 nitrogen and oxygen atoms in total. The Morgan fingerprint density at radius 3 is 2.16 bits per heavy atom. The van der Waals surface area contributed by atoms with Crippen LogP contribution in [0.2, 0.25) is 0 Å². The number of ether oxygens (including phenoxy) is 2. The van der Waals surface area contributed by atoms with E-state index in [4.69, 9.17) is 9.47 Å². The van der Waals surface area contributed by atoms with Crippen molar-refractivity contribution in [1.29, 1.82) is 0 Å². The highest BCUT2D eigenvalue weighted by Crippen LogP contribution is 2.33. The molecule has 0 saturated heterocycles. The molecule has 1 heterocycles. The summed E-state index contributed by atoms with van der Waals surface area (Å²) in [6.45, 7) is 2.70. The minimum Gasteiger partial charge on any atom is -0.427 e. The first-order valence-corrected chi connectivity index (χ1v) is 8.79. The molecule has 0 amide bonds. The summed E-state index contributed by atoms with van der Waals surface area (Å²) in [4.78, 5) is 22.2. The predicted octanol–water partition coefficient (Wildman–Crippen LogP) is 4.40. The van der Waals surface area contributed by atoms with Crippen LogP contribution in [0.3, 0.4) is 0 Å². The molecule has 0 unspecified atom stereocenters. The van der Waals surface area contributed by atoms with Gasteiger partial charge in [0.2, 0.25) is 0 Å². The lowest BCUT2D eigenvalue weighted by molar-refractivity contribution is -0.132. The van der Waals surface area contributed by atoms with E-state index in [2.05, 4.69) is 37.0 Å². The first-order chi connectivity index (χ1) is 11.8. The zero-order valence-corrected chi connectivity index (χ0v) is 16.4. The van der Waals surface area contributed by atoms with Crippen LogP contribution in [0.4, 0.5) is 0 Å². The number of carbonyl (C=O) groups excluding carboxylic acids is 2. The van der Waals surface area contributed by atoms with Gasteiger partial charge in [-0.3, -0.25) is 9.59 Å². The van der Waals surface area contributed by atoms with Gasteiger partial charge in [-0.15, -0.1) is 0 Å². The Labute approximate surface area is 160 Å². The minimum atomic E-state index is -0.386. The highest BCUT2D eigenvalue weighted by atomic mass is 79.9. The fourth-order valence-electron chi connectivity index (χ4n) is 2.31. The summed E-state index contributed by atoms with van der Waals surface area (Å²) in [5.41, 5.74) is 1.49. The monoisotopic (exact) mass is 466 g/mol. The smallest absolute Gasteiger partial charge is 0.308 e. The van der Waals surface area contributed by atoms with Crippen LogP contribution in [-0.2, 0) is 9.59 Å². The molecular weight excluding hydrogens is 456 g/mol. The van der Waals surface area contributed by atoms with Crippen LogP contribution < -0.4 is 9.47 Å². The number of benzene rings is 2. The number of carbonyl (C=O) groups is 2. The molecule has 0 aliphatic carbocycles. The summed E-state index contributed by atoms with van der Waals surface area (Å²) < 4.78 is 13.3. The van der Waals surface area contributed by atoms with Crippen molar-refractivity contribution in [1.82, 2.24) is 9.78 Å². The predicted molar refractivity (Wildman–Crippen MR) is 99.1 cm³/mol. The number of esters is 2. The maximum atomic E-state index is 11.1. The molecule has 0 fully saturated rings. The van der Waals surface area contributed by atoms with Gasteiger partial charge in [-0.25, -0.2) is 4.68 Å². The highest BCUT2D eigenvalue weighted by Gasteiger charge is 2.15. The molecule has 0 spiro atoms. The van der Waals surface area contributed by atoms with E-state index >= 15 is 0 Å². The molecule has 1 aromatic heterocycles. The molecule has 25 heavy (non-hydrogen) atoms. The normalized spacial score (nSPS) is 10.7. The van der Waals surface area contributed by atoms with E-state index < -0.39 is 0 Å². The Bertz CT molecular complexity index is 998. The number of hydrogen-bond acceptors (Lipinski definition) is 5. The Hall–Kier alpha value is -2.19. The van der Waals surface area contributed by atoms with E-state index in [1.54, 1.807) is 41.1 Å². The fraction of sp³-hybridized carbons (Fsp3) is 0.118. The van der Waals surface area contributed by atoms with E-state index in [9.17, 15) is 9.59 Å². The summed E-state index contributed by atoms with van der Waals surface area (Å²) in [6, 6.07) is 10.4. The molecule has 0 aliphatic rings. The van der Waals surface area contributed by atoms with Crippen LogP contribution in [-0.4, -0.2) is 21.7 Å². The summed E-state index contributed by atoms with van der Waals surface area (Å²) in [6.07, 6.45) is 0. The van der Waals surface area contributed by atoms with Crippen molar-refractivity contribution in [3.8, 4) is 17.2 Å². The average Bonchev–Trinajstić information content (AvgIpc) is 2.83. The number of rotatable bonds is 3.